The molecule has 0 fully saturated rings. The summed E-state index contributed by atoms with van der Waals surface area (Å²) in [6, 6.07) is 13.6. The zero-order valence-corrected chi connectivity index (χ0v) is 15.0. The summed E-state index contributed by atoms with van der Waals surface area (Å²) in [5, 5.41) is 9.23. The highest BCUT2D eigenvalue weighted by Crippen LogP contribution is 2.12. The Bertz CT molecular complexity index is 661. The van der Waals surface area contributed by atoms with E-state index in [9.17, 15) is 4.79 Å². The van der Waals surface area contributed by atoms with E-state index in [-0.39, 0.29) is 12.1 Å². The second-order valence-corrected chi connectivity index (χ2v) is 6.13. The minimum atomic E-state index is -0.198. The topological polar surface area (TPSA) is 75.3 Å². The highest BCUT2D eigenvalue weighted by atomic mass is 16.5. The molecule has 1 heterocycles. The van der Waals surface area contributed by atoms with Gasteiger partial charge in [-0.25, -0.2) is 9.78 Å². The van der Waals surface area contributed by atoms with Gasteiger partial charge < -0.3 is 20.7 Å². The highest BCUT2D eigenvalue weighted by molar-refractivity contribution is 5.73. The van der Waals surface area contributed by atoms with E-state index in [0.29, 0.717) is 24.9 Å². The number of hydrogen-bond donors (Lipinski definition) is 3. The number of nitrogens with zero attached hydrogens (tertiary/aromatic N) is 1. The van der Waals surface area contributed by atoms with E-state index >= 15 is 0 Å². The monoisotopic (exact) mass is 342 g/mol. The van der Waals surface area contributed by atoms with E-state index in [0.717, 1.165) is 11.3 Å². The average molecular weight is 342 g/mol. The molecule has 0 aliphatic rings. The van der Waals surface area contributed by atoms with Gasteiger partial charge in [0.15, 0.2) is 0 Å². The molecule has 25 heavy (non-hydrogen) atoms. The van der Waals surface area contributed by atoms with Crippen LogP contribution in [0.1, 0.15) is 19.4 Å². The summed E-state index contributed by atoms with van der Waals surface area (Å²) in [4.78, 5) is 16.1. The van der Waals surface area contributed by atoms with Crippen molar-refractivity contribution in [2.45, 2.75) is 26.4 Å². The molecule has 3 N–H and O–H groups in total. The maximum Gasteiger partial charge on any atom is 0.315 e. The number of hydrogen-bond acceptors (Lipinski definition) is 4. The summed E-state index contributed by atoms with van der Waals surface area (Å²) < 4.78 is 5.08. The second kappa shape index (κ2) is 9.52. The third-order valence-electron chi connectivity index (χ3n) is 3.87. The van der Waals surface area contributed by atoms with Crippen LogP contribution in [0.5, 0.6) is 5.88 Å². The van der Waals surface area contributed by atoms with Crippen LogP contribution in [-0.2, 0) is 6.54 Å². The van der Waals surface area contributed by atoms with Gasteiger partial charge in [-0.05, 0) is 29.7 Å². The number of rotatable bonds is 8. The molecule has 1 aromatic heterocycles. The molecule has 2 aromatic rings. The van der Waals surface area contributed by atoms with Crippen molar-refractivity contribution in [2.75, 3.05) is 19.0 Å². The Morgan fingerprint density at radius 3 is 2.60 bits per heavy atom. The number of pyridine rings is 1. The Hall–Kier alpha value is -2.76. The van der Waals surface area contributed by atoms with Crippen molar-refractivity contribution < 1.29 is 9.53 Å². The number of nitrogens with one attached hydrogen (secondary N) is 3. The van der Waals surface area contributed by atoms with Crippen LogP contribution in [0.25, 0.3) is 0 Å². The van der Waals surface area contributed by atoms with Gasteiger partial charge in [-0.15, -0.1) is 0 Å². The number of para-hydroxylation sites is 1. The van der Waals surface area contributed by atoms with Crippen molar-refractivity contribution in [3.05, 3.63) is 54.2 Å². The molecular weight excluding hydrogens is 316 g/mol. The van der Waals surface area contributed by atoms with Gasteiger partial charge in [0.2, 0.25) is 5.88 Å². The fourth-order valence-electron chi connectivity index (χ4n) is 2.32. The van der Waals surface area contributed by atoms with Crippen molar-refractivity contribution in [1.82, 2.24) is 15.6 Å². The number of amides is 2. The normalized spacial score (nSPS) is 11.7. The number of carbonyl (C=O) groups is 1. The summed E-state index contributed by atoms with van der Waals surface area (Å²) in [6.45, 7) is 5.22. The van der Waals surface area contributed by atoms with E-state index in [4.69, 9.17) is 4.74 Å². The lowest BCUT2D eigenvalue weighted by Gasteiger charge is -2.24. The molecule has 134 valence electrons. The van der Waals surface area contributed by atoms with Gasteiger partial charge in [0, 0.05) is 37.1 Å². The standard InChI is InChI=1S/C19H26N4O2/c1-14(2)17(23-16-7-5-4-6-8-16)13-22-19(24)21-12-15-9-10-20-18(11-15)25-3/h4-11,14,17,23H,12-13H2,1-3H3,(H2,21,22,24). The van der Waals surface area contributed by atoms with Crippen molar-refractivity contribution in [1.29, 1.82) is 0 Å². The quantitative estimate of drug-likeness (QED) is 0.689. The third kappa shape index (κ3) is 6.33. The lowest BCUT2D eigenvalue weighted by Crippen LogP contribution is -2.43. The van der Waals surface area contributed by atoms with Crippen LogP contribution in [-0.4, -0.2) is 30.7 Å². The molecule has 0 bridgehead atoms. The fourth-order valence-corrected chi connectivity index (χ4v) is 2.32. The van der Waals surface area contributed by atoms with Crippen LogP contribution in [0.2, 0.25) is 0 Å². The highest BCUT2D eigenvalue weighted by Gasteiger charge is 2.14. The predicted molar refractivity (Wildman–Crippen MR) is 99.7 cm³/mol. The summed E-state index contributed by atoms with van der Waals surface area (Å²) in [6.07, 6.45) is 1.66. The van der Waals surface area contributed by atoms with E-state index in [1.165, 1.54) is 0 Å². The second-order valence-electron chi connectivity index (χ2n) is 6.13. The summed E-state index contributed by atoms with van der Waals surface area (Å²) in [7, 11) is 1.57. The van der Waals surface area contributed by atoms with Gasteiger partial charge in [-0.2, -0.15) is 0 Å². The number of anilines is 1. The lowest BCUT2D eigenvalue weighted by atomic mass is 10.0. The fraction of sp³-hybridized carbons (Fsp3) is 0.368. The van der Waals surface area contributed by atoms with Gasteiger partial charge in [0.1, 0.15) is 0 Å². The number of carbonyl (C=O) groups excluding carboxylic acids is 1. The maximum absolute atomic E-state index is 12.1. The number of urea groups is 1. The molecule has 6 heteroatoms. The van der Waals surface area contributed by atoms with Crippen molar-refractivity contribution in [3.63, 3.8) is 0 Å². The largest absolute Gasteiger partial charge is 0.481 e. The SMILES string of the molecule is COc1cc(CNC(=O)NCC(Nc2ccccc2)C(C)C)ccn1. The van der Waals surface area contributed by atoms with E-state index < -0.39 is 0 Å². The Kier molecular flexibility index (Phi) is 7.07. The average Bonchev–Trinajstić information content (AvgIpc) is 2.64. The lowest BCUT2D eigenvalue weighted by molar-refractivity contribution is 0.239. The first-order chi connectivity index (χ1) is 12.1. The summed E-state index contributed by atoms with van der Waals surface area (Å²) in [5.74, 6) is 0.914. The number of benzene rings is 1. The minimum Gasteiger partial charge on any atom is -0.481 e. The molecule has 2 amide bonds. The van der Waals surface area contributed by atoms with Crippen LogP contribution in [0.4, 0.5) is 10.5 Å². The Labute approximate surface area is 149 Å². The first-order valence-electron chi connectivity index (χ1n) is 8.40. The Balaban J connectivity index is 1.80. The predicted octanol–water partition coefficient (Wildman–Crippen LogP) is 3.03. The van der Waals surface area contributed by atoms with E-state index in [2.05, 4.69) is 34.8 Å². The van der Waals surface area contributed by atoms with Crippen LogP contribution >= 0.6 is 0 Å². The van der Waals surface area contributed by atoms with Gasteiger partial charge >= 0.3 is 6.03 Å². The van der Waals surface area contributed by atoms with Crippen LogP contribution in [0.15, 0.2) is 48.7 Å². The first kappa shape index (κ1) is 18.6. The zero-order chi connectivity index (χ0) is 18.1. The molecule has 0 saturated heterocycles. The van der Waals surface area contributed by atoms with Crippen LogP contribution < -0.4 is 20.7 Å². The molecule has 0 aliphatic carbocycles. The molecule has 0 spiro atoms. The van der Waals surface area contributed by atoms with E-state index in [1.54, 1.807) is 19.4 Å². The molecule has 1 aromatic carbocycles. The molecule has 6 nitrogen and oxygen atoms in total. The summed E-state index contributed by atoms with van der Waals surface area (Å²) >= 11 is 0. The number of ether oxygens (including phenoxy) is 1. The smallest absolute Gasteiger partial charge is 0.315 e. The Morgan fingerprint density at radius 2 is 1.92 bits per heavy atom. The molecular formula is C19H26N4O2. The van der Waals surface area contributed by atoms with Gasteiger partial charge in [-0.3, -0.25) is 0 Å². The zero-order valence-electron chi connectivity index (χ0n) is 15.0. The molecule has 0 radical (unpaired) electrons. The van der Waals surface area contributed by atoms with E-state index in [1.807, 2.05) is 36.4 Å². The van der Waals surface area contributed by atoms with Crippen molar-refractivity contribution in [3.8, 4) is 5.88 Å². The number of methoxy groups -OCH3 is 1. The van der Waals surface area contributed by atoms with Crippen molar-refractivity contribution in [2.24, 2.45) is 5.92 Å². The van der Waals surface area contributed by atoms with Gasteiger partial charge in [0.05, 0.1) is 7.11 Å². The molecule has 1 atom stereocenters. The van der Waals surface area contributed by atoms with Gasteiger partial charge in [0.25, 0.3) is 0 Å². The first-order valence-corrected chi connectivity index (χ1v) is 8.40. The van der Waals surface area contributed by atoms with Gasteiger partial charge in [-0.1, -0.05) is 32.0 Å². The Morgan fingerprint density at radius 1 is 1.16 bits per heavy atom. The summed E-state index contributed by atoms with van der Waals surface area (Å²) in [5.41, 5.74) is 1.98. The van der Waals surface area contributed by atoms with Crippen molar-refractivity contribution >= 4 is 11.7 Å². The third-order valence-corrected chi connectivity index (χ3v) is 3.87. The molecule has 1 unspecified atom stereocenters. The molecule has 0 aliphatic heterocycles. The molecule has 0 saturated carbocycles. The van der Waals surface area contributed by atoms with Crippen LogP contribution in [0, 0.1) is 5.92 Å². The molecule has 2 rings (SSSR count). The number of aromatic nitrogens is 1. The van der Waals surface area contributed by atoms with Crippen LogP contribution in [0.3, 0.4) is 0 Å². The minimum absolute atomic E-state index is 0.147. The maximum atomic E-state index is 12.1.